The predicted octanol–water partition coefficient (Wildman–Crippen LogP) is 4.30. The van der Waals surface area contributed by atoms with E-state index in [2.05, 4.69) is 53.5 Å². The van der Waals surface area contributed by atoms with Crippen molar-refractivity contribution in [1.29, 1.82) is 0 Å². The number of hydrogen-bond donors (Lipinski definition) is 1. The molecule has 0 aliphatic heterocycles. The summed E-state index contributed by atoms with van der Waals surface area (Å²) in [7, 11) is 0. The van der Waals surface area contributed by atoms with Crippen LogP contribution in [0.5, 0.6) is 0 Å². The Labute approximate surface area is 133 Å². The summed E-state index contributed by atoms with van der Waals surface area (Å²) in [5, 5.41) is 0.656. The van der Waals surface area contributed by atoms with E-state index in [1.165, 1.54) is 22.3 Å². The quantitative estimate of drug-likeness (QED) is 0.463. The molecule has 0 spiro atoms. The van der Waals surface area contributed by atoms with Gasteiger partial charge in [0.2, 0.25) is 0 Å². The van der Waals surface area contributed by atoms with Gasteiger partial charge < -0.3 is 5.73 Å². The van der Waals surface area contributed by atoms with E-state index in [0.717, 1.165) is 11.3 Å². The highest BCUT2D eigenvalue weighted by Gasteiger charge is 2.43. The van der Waals surface area contributed by atoms with Gasteiger partial charge >= 0.3 is 0 Å². The maximum absolute atomic E-state index is 6.57. The van der Waals surface area contributed by atoms with Crippen LogP contribution in [0.1, 0.15) is 45.3 Å². The van der Waals surface area contributed by atoms with Crippen molar-refractivity contribution in [3.63, 3.8) is 0 Å². The van der Waals surface area contributed by atoms with Crippen molar-refractivity contribution in [3.05, 3.63) is 93.3 Å². The van der Waals surface area contributed by atoms with Crippen molar-refractivity contribution in [2.45, 2.75) is 11.8 Å². The fourth-order valence-electron chi connectivity index (χ4n) is 4.05. The summed E-state index contributed by atoms with van der Waals surface area (Å²) in [6.45, 7) is 0. The van der Waals surface area contributed by atoms with E-state index < -0.39 is 0 Å². The number of nitrogens with zero attached hydrogens (tertiary/aromatic N) is 1. The molecule has 106 valence electrons. The van der Waals surface area contributed by atoms with Crippen molar-refractivity contribution >= 4 is 17.3 Å². The molecule has 3 heteroatoms. The first kappa shape index (κ1) is 12.2. The smallest absolute Gasteiger partial charge is 0.0711 e. The number of aromatic nitrogens is 1. The normalized spacial score (nSPS) is 20.2. The van der Waals surface area contributed by atoms with Crippen LogP contribution in [0.4, 0.5) is 5.69 Å². The third-order valence-corrected chi connectivity index (χ3v) is 5.33. The molecule has 2 N–H and O–H groups in total. The number of nitrogen functional groups attached to an aromatic ring is 1. The molecular formula is C19H13ClN2. The van der Waals surface area contributed by atoms with Crippen molar-refractivity contribution < 1.29 is 0 Å². The third-order valence-electron chi connectivity index (χ3n) is 4.91. The molecule has 1 aromatic heterocycles. The molecule has 0 amide bonds. The van der Waals surface area contributed by atoms with Crippen molar-refractivity contribution in [3.8, 4) is 0 Å². The van der Waals surface area contributed by atoms with E-state index in [-0.39, 0.29) is 11.8 Å². The Morgan fingerprint density at radius 3 is 1.86 bits per heavy atom. The van der Waals surface area contributed by atoms with E-state index >= 15 is 0 Å². The lowest BCUT2D eigenvalue weighted by molar-refractivity contribution is 0.728. The molecule has 3 aliphatic rings. The maximum Gasteiger partial charge on any atom is 0.0711 e. The summed E-state index contributed by atoms with van der Waals surface area (Å²) in [6, 6.07) is 17.2. The Bertz CT molecular complexity index is 885. The summed E-state index contributed by atoms with van der Waals surface area (Å²) < 4.78 is 0. The van der Waals surface area contributed by atoms with Crippen LogP contribution < -0.4 is 5.73 Å². The van der Waals surface area contributed by atoms with Gasteiger partial charge in [-0.2, -0.15) is 0 Å². The first-order valence-electron chi connectivity index (χ1n) is 7.38. The number of hydrogen-bond acceptors (Lipinski definition) is 2. The predicted molar refractivity (Wildman–Crippen MR) is 88.4 cm³/mol. The van der Waals surface area contributed by atoms with Gasteiger partial charge in [0.15, 0.2) is 0 Å². The van der Waals surface area contributed by atoms with Gasteiger partial charge in [0.25, 0.3) is 0 Å². The Morgan fingerprint density at radius 1 is 0.818 bits per heavy atom. The van der Waals surface area contributed by atoms with Crippen molar-refractivity contribution in [2.75, 3.05) is 5.73 Å². The lowest BCUT2D eigenvalue weighted by Gasteiger charge is -2.41. The molecule has 1 heterocycles. The summed E-state index contributed by atoms with van der Waals surface area (Å²) in [5.41, 5.74) is 14.1. The van der Waals surface area contributed by atoms with Crippen LogP contribution in [0.2, 0.25) is 5.02 Å². The van der Waals surface area contributed by atoms with Crippen LogP contribution in [-0.4, -0.2) is 4.98 Å². The second kappa shape index (κ2) is 4.11. The maximum atomic E-state index is 6.57. The number of halogens is 1. The Morgan fingerprint density at radius 2 is 1.32 bits per heavy atom. The van der Waals surface area contributed by atoms with Gasteiger partial charge in [-0.25, -0.2) is 0 Å². The van der Waals surface area contributed by atoms with Crippen LogP contribution >= 0.6 is 11.6 Å². The molecular weight excluding hydrogens is 292 g/mol. The van der Waals surface area contributed by atoms with Crippen molar-refractivity contribution in [1.82, 2.24) is 4.98 Å². The van der Waals surface area contributed by atoms with Gasteiger partial charge in [-0.15, -0.1) is 0 Å². The summed E-state index contributed by atoms with van der Waals surface area (Å²) >= 11 is 6.57. The number of benzene rings is 2. The fourth-order valence-corrected chi connectivity index (χ4v) is 4.31. The lowest BCUT2D eigenvalue weighted by atomic mass is 9.62. The highest BCUT2D eigenvalue weighted by atomic mass is 35.5. The van der Waals surface area contributed by atoms with Gasteiger partial charge in [-0.1, -0.05) is 60.1 Å². The highest BCUT2D eigenvalue weighted by molar-refractivity contribution is 6.34. The molecule has 22 heavy (non-hydrogen) atoms. The Hall–Kier alpha value is -2.32. The van der Waals surface area contributed by atoms with Crippen molar-refractivity contribution in [2.24, 2.45) is 0 Å². The first-order chi connectivity index (χ1) is 10.8. The molecule has 2 nitrogen and oxygen atoms in total. The number of rotatable bonds is 0. The third kappa shape index (κ3) is 1.34. The monoisotopic (exact) mass is 304 g/mol. The molecule has 0 saturated heterocycles. The molecule has 3 aromatic rings. The molecule has 0 unspecified atom stereocenters. The largest absolute Gasteiger partial charge is 0.396 e. The molecule has 0 fully saturated rings. The minimum atomic E-state index is 0.135. The molecule has 0 radical (unpaired) electrons. The van der Waals surface area contributed by atoms with E-state index in [1.54, 1.807) is 6.20 Å². The van der Waals surface area contributed by atoms with Crippen LogP contribution in [0.15, 0.2) is 54.7 Å². The van der Waals surface area contributed by atoms with Gasteiger partial charge in [-0.05, 0) is 22.3 Å². The Balaban J connectivity index is 1.94. The van der Waals surface area contributed by atoms with Crippen LogP contribution in [0, 0.1) is 0 Å². The Kier molecular flexibility index (Phi) is 2.29. The molecule has 3 aliphatic carbocycles. The topological polar surface area (TPSA) is 38.9 Å². The van der Waals surface area contributed by atoms with E-state index in [1.807, 2.05) is 0 Å². The second-order valence-electron chi connectivity index (χ2n) is 5.95. The fraction of sp³-hybridized carbons (Fsp3) is 0.105. The zero-order valence-electron chi connectivity index (χ0n) is 11.8. The number of pyridine rings is 1. The van der Waals surface area contributed by atoms with Gasteiger partial charge in [-0.3, -0.25) is 4.98 Å². The van der Waals surface area contributed by atoms with E-state index in [4.69, 9.17) is 17.3 Å². The minimum absolute atomic E-state index is 0.135. The van der Waals surface area contributed by atoms with E-state index in [9.17, 15) is 0 Å². The number of anilines is 1. The second-order valence-corrected chi connectivity index (χ2v) is 6.33. The summed E-state index contributed by atoms with van der Waals surface area (Å²) in [4.78, 5) is 4.65. The van der Waals surface area contributed by atoms with Gasteiger partial charge in [0.05, 0.1) is 28.5 Å². The highest BCUT2D eigenvalue weighted by Crippen LogP contribution is 2.56. The van der Waals surface area contributed by atoms with Crippen LogP contribution in [0.3, 0.4) is 0 Å². The molecule has 2 bridgehead atoms. The summed E-state index contributed by atoms with van der Waals surface area (Å²) in [6.07, 6.45) is 1.69. The summed E-state index contributed by atoms with van der Waals surface area (Å²) in [5.74, 6) is 0.293. The number of nitrogens with two attached hydrogens (primary N) is 1. The first-order valence-corrected chi connectivity index (χ1v) is 7.76. The van der Waals surface area contributed by atoms with Crippen LogP contribution in [-0.2, 0) is 0 Å². The average Bonchev–Trinajstić information content (AvgIpc) is 2.58. The molecule has 6 rings (SSSR count). The molecule has 0 atom stereocenters. The SMILES string of the molecule is Nc1cnc2c(c1Cl)C1c3ccccc3C2c2ccccc21. The standard InChI is InChI=1S/C19H13ClN2/c20-18-14(21)9-22-19-16-12-7-3-1-5-10(12)15(17(18)19)11-6-2-4-8-13(11)16/h1-9,15-16H,21H2. The zero-order valence-corrected chi connectivity index (χ0v) is 12.5. The average molecular weight is 305 g/mol. The van der Waals surface area contributed by atoms with Gasteiger partial charge in [0, 0.05) is 11.5 Å². The molecule has 2 aromatic carbocycles. The van der Waals surface area contributed by atoms with Crippen LogP contribution in [0.25, 0.3) is 0 Å². The van der Waals surface area contributed by atoms with Gasteiger partial charge in [0.1, 0.15) is 0 Å². The molecule has 0 saturated carbocycles. The lowest BCUT2D eigenvalue weighted by Crippen LogP contribution is -2.29. The van der Waals surface area contributed by atoms with E-state index in [0.29, 0.717) is 10.7 Å². The minimum Gasteiger partial charge on any atom is -0.396 e. The zero-order chi connectivity index (χ0) is 14.8.